The van der Waals surface area contributed by atoms with Crippen molar-refractivity contribution in [2.75, 3.05) is 50.9 Å². The molecule has 1 aromatic carbocycles. The maximum absolute atomic E-state index is 16.9. The van der Waals surface area contributed by atoms with Gasteiger partial charge in [-0.15, -0.1) is 0 Å². The number of ether oxygens (including phenoxy) is 2. The quantitative estimate of drug-likeness (QED) is 0.311. The van der Waals surface area contributed by atoms with E-state index in [1.54, 1.807) is 18.5 Å². The Kier molecular flexibility index (Phi) is 7.35. The zero-order valence-electron chi connectivity index (χ0n) is 24.7. The minimum Gasteiger partial charge on any atom is -0.461 e. The first-order valence-corrected chi connectivity index (χ1v) is 15.9. The summed E-state index contributed by atoms with van der Waals surface area (Å²) in [4.78, 5) is 18.1. The van der Waals surface area contributed by atoms with E-state index in [4.69, 9.17) is 26.1 Å². The molecule has 45 heavy (non-hydrogen) atoms. The molecule has 4 atom stereocenters. The van der Waals surface area contributed by atoms with Crippen LogP contribution < -0.4 is 9.64 Å². The van der Waals surface area contributed by atoms with Crippen LogP contribution in [0.3, 0.4) is 0 Å². The standard InChI is InChI=1S/C32H34ClF2N7O3/c33-24-9-25-22(12-37-40-25)26-21(24)4-1-2-7-44-16-18-8-20(43)15-41(13-18)30-23-11-36-29(26)27(35)28(23)38-31(39-30)45-17-32-5-3-6-42(32)14-19(34)10-32/h1-2,9,11-12,18-20,43H,3-8,10,13-17H2,(H,37,40)/b2-1+/t18-,19-,20+,32+/m1/s1. The molecular formula is C32H34ClF2N7O3. The van der Waals surface area contributed by atoms with Gasteiger partial charge in [-0.1, -0.05) is 23.8 Å². The molecule has 0 spiro atoms. The van der Waals surface area contributed by atoms with Crippen molar-refractivity contribution in [3.63, 3.8) is 0 Å². The van der Waals surface area contributed by atoms with Gasteiger partial charge in [-0.05, 0) is 43.9 Å². The van der Waals surface area contributed by atoms with Crippen molar-refractivity contribution >= 4 is 39.2 Å². The summed E-state index contributed by atoms with van der Waals surface area (Å²) in [5, 5.41) is 19.5. The number of hydrogen-bond acceptors (Lipinski definition) is 9. The second kappa shape index (κ2) is 11.4. The van der Waals surface area contributed by atoms with E-state index < -0.39 is 23.6 Å². The summed E-state index contributed by atoms with van der Waals surface area (Å²) in [6, 6.07) is 1.79. The van der Waals surface area contributed by atoms with Crippen LogP contribution in [0.5, 0.6) is 6.01 Å². The molecule has 0 unspecified atom stereocenters. The van der Waals surface area contributed by atoms with E-state index in [2.05, 4.69) is 25.1 Å². The fourth-order valence-corrected chi connectivity index (χ4v) is 8.04. The molecule has 236 valence electrons. The molecule has 3 saturated heterocycles. The van der Waals surface area contributed by atoms with Crippen LogP contribution >= 0.6 is 11.6 Å². The molecule has 0 amide bonds. The molecule has 0 saturated carbocycles. The third kappa shape index (κ3) is 5.11. The Labute approximate surface area is 263 Å². The molecule has 0 radical (unpaired) electrons. The van der Waals surface area contributed by atoms with Crippen molar-refractivity contribution in [2.24, 2.45) is 5.92 Å². The Morgan fingerprint density at radius 2 is 2.09 bits per heavy atom. The number of halogens is 3. The van der Waals surface area contributed by atoms with Gasteiger partial charge in [0.1, 0.15) is 29.8 Å². The van der Waals surface area contributed by atoms with Crippen LogP contribution in [0.2, 0.25) is 5.02 Å². The van der Waals surface area contributed by atoms with Gasteiger partial charge >= 0.3 is 6.01 Å². The summed E-state index contributed by atoms with van der Waals surface area (Å²) in [5.74, 6) is -0.179. The topological polar surface area (TPSA) is 113 Å². The van der Waals surface area contributed by atoms with Crippen molar-refractivity contribution in [3.05, 3.63) is 47.0 Å². The molecular weight excluding hydrogens is 604 g/mol. The molecule has 3 fully saturated rings. The zero-order valence-corrected chi connectivity index (χ0v) is 25.4. The van der Waals surface area contributed by atoms with Crippen LogP contribution in [0.4, 0.5) is 14.6 Å². The van der Waals surface area contributed by atoms with Crippen LogP contribution in [-0.4, -0.2) is 99.0 Å². The molecule has 3 aromatic heterocycles. The average molecular weight is 638 g/mol. The molecule has 10 nitrogen and oxygen atoms in total. The molecule has 13 heteroatoms. The van der Waals surface area contributed by atoms with Crippen molar-refractivity contribution in [1.82, 2.24) is 30.0 Å². The Morgan fingerprint density at radius 1 is 1.18 bits per heavy atom. The predicted octanol–water partition coefficient (Wildman–Crippen LogP) is 4.63. The summed E-state index contributed by atoms with van der Waals surface area (Å²) < 4.78 is 43.7. The lowest BCUT2D eigenvalue weighted by Gasteiger charge is -2.37. The number of nitrogens with zero attached hydrogens (tertiary/aromatic N) is 6. The summed E-state index contributed by atoms with van der Waals surface area (Å²) in [7, 11) is 0. The number of rotatable bonds is 3. The molecule has 6 bridgehead atoms. The van der Waals surface area contributed by atoms with Crippen LogP contribution in [0.1, 0.15) is 31.2 Å². The van der Waals surface area contributed by atoms with E-state index in [9.17, 15) is 9.50 Å². The van der Waals surface area contributed by atoms with Gasteiger partial charge in [0, 0.05) is 54.1 Å². The van der Waals surface area contributed by atoms with Gasteiger partial charge < -0.3 is 19.5 Å². The maximum atomic E-state index is 16.9. The number of benzene rings is 1. The van der Waals surface area contributed by atoms with Crippen LogP contribution in [0.25, 0.3) is 33.1 Å². The maximum Gasteiger partial charge on any atom is 0.319 e. The predicted molar refractivity (Wildman–Crippen MR) is 166 cm³/mol. The minimum atomic E-state index is -0.907. The minimum absolute atomic E-state index is 0.00812. The summed E-state index contributed by atoms with van der Waals surface area (Å²) >= 11 is 6.77. The van der Waals surface area contributed by atoms with Crippen LogP contribution in [0, 0.1) is 11.7 Å². The normalized spacial score (nSPS) is 27.8. The summed E-state index contributed by atoms with van der Waals surface area (Å²) in [6.07, 6.45) is 8.75. The van der Waals surface area contributed by atoms with E-state index in [1.165, 1.54) is 0 Å². The van der Waals surface area contributed by atoms with Crippen molar-refractivity contribution < 1.29 is 23.4 Å². The fourth-order valence-electron chi connectivity index (χ4n) is 7.76. The third-order valence-electron chi connectivity index (χ3n) is 9.78. The Balaban J connectivity index is 1.30. The van der Waals surface area contributed by atoms with Gasteiger partial charge in [0.25, 0.3) is 0 Å². The number of aromatic amines is 1. The van der Waals surface area contributed by atoms with Gasteiger partial charge in [-0.3, -0.25) is 15.0 Å². The highest BCUT2D eigenvalue weighted by atomic mass is 35.5. The molecule has 0 aliphatic carbocycles. The molecule has 2 N–H and O–H groups in total. The van der Waals surface area contributed by atoms with Gasteiger partial charge in [0.05, 0.1) is 42.0 Å². The molecule has 4 aromatic rings. The second-order valence-electron chi connectivity index (χ2n) is 12.8. The van der Waals surface area contributed by atoms with Crippen molar-refractivity contribution in [1.29, 1.82) is 0 Å². The number of hydrogen-bond donors (Lipinski definition) is 2. The smallest absolute Gasteiger partial charge is 0.319 e. The van der Waals surface area contributed by atoms with E-state index in [1.807, 2.05) is 17.1 Å². The lowest BCUT2D eigenvalue weighted by atomic mass is 9.95. The average Bonchev–Trinajstić information content (AvgIpc) is 3.71. The number of piperidine rings is 1. The van der Waals surface area contributed by atoms with Crippen LogP contribution in [-0.2, 0) is 11.2 Å². The first-order chi connectivity index (χ1) is 21.9. The van der Waals surface area contributed by atoms with E-state index >= 15 is 4.39 Å². The number of fused-ring (bicyclic) bond motifs is 7. The third-order valence-corrected chi connectivity index (χ3v) is 10.1. The number of H-pyrrole nitrogens is 1. The fraction of sp³-hybridized carbons (Fsp3) is 0.500. The monoisotopic (exact) mass is 637 g/mol. The first kappa shape index (κ1) is 29.0. The molecule has 9 rings (SSSR count). The Morgan fingerprint density at radius 3 is 3.00 bits per heavy atom. The largest absolute Gasteiger partial charge is 0.461 e. The lowest BCUT2D eigenvalue weighted by molar-refractivity contribution is 0.0691. The van der Waals surface area contributed by atoms with Crippen molar-refractivity contribution in [2.45, 2.75) is 49.9 Å². The summed E-state index contributed by atoms with van der Waals surface area (Å²) in [5.41, 5.74) is 1.61. The molecule has 5 aliphatic heterocycles. The number of allylic oxidation sites excluding steroid dienone is 1. The number of pyridine rings is 1. The number of aliphatic hydroxyl groups is 1. The molecule has 5 aliphatic rings. The highest BCUT2D eigenvalue weighted by Crippen LogP contribution is 2.42. The Hall–Kier alpha value is -3.45. The number of aliphatic hydroxyl groups excluding tert-OH is 1. The summed E-state index contributed by atoms with van der Waals surface area (Å²) in [6.45, 7) is 3.11. The number of nitrogens with one attached hydrogen (secondary N) is 1. The number of anilines is 1. The van der Waals surface area contributed by atoms with Gasteiger partial charge in [0.2, 0.25) is 0 Å². The van der Waals surface area contributed by atoms with E-state index in [0.717, 1.165) is 19.4 Å². The highest BCUT2D eigenvalue weighted by molar-refractivity contribution is 6.33. The van der Waals surface area contributed by atoms with Gasteiger partial charge in [-0.2, -0.15) is 15.1 Å². The van der Waals surface area contributed by atoms with Gasteiger partial charge in [-0.25, -0.2) is 8.78 Å². The van der Waals surface area contributed by atoms with E-state index in [0.29, 0.717) is 90.4 Å². The molecule has 8 heterocycles. The Bertz CT molecular complexity index is 1800. The van der Waals surface area contributed by atoms with Crippen molar-refractivity contribution in [3.8, 4) is 17.3 Å². The number of alkyl halides is 1. The zero-order chi connectivity index (χ0) is 30.7. The number of aromatic nitrogens is 5. The highest BCUT2D eigenvalue weighted by Gasteiger charge is 2.49. The second-order valence-corrected chi connectivity index (χ2v) is 13.2. The SMILES string of the molecule is O[C@H]1C[C@H]2COC/C=C/Cc3c(Cl)cc4[nH]ncc4c3-c3ncc4c(nc(OC[C@@]56CCCN5C[C@H](F)C6)nc4c3F)N(C1)C2. The first-order valence-electron chi connectivity index (χ1n) is 15.6. The lowest BCUT2D eigenvalue weighted by Crippen LogP contribution is -2.45. The van der Waals surface area contributed by atoms with Crippen LogP contribution in [0.15, 0.2) is 30.6 Å². The van der Waals surface area contributed by atoms with E-state index in [-0.39, 0.29) is 29.7 Å². The van der Waals surface area contributed by atoms with Gasteiger partial charge in [0.15, 0.2) is 5.82 Å².